The van der Waals surface area contributed by atoms with E-state index in [2.05, 4.69) is 12.2 Å². The summed E-state index contributed by atoms with van der Waals surface area (Å²) in [6.45, 7) is 3.43. The minimum absolute atomic E-state index is 0. The molecule has 0 aromatic heterocycles. The van der Waals surface area contributed by atoms with E-state index in [9.17, 15) is 0 Å². The Kier molecular flexibility index (Phi) is 3.09. The lowest BCUT2D eigenvalue weighted by Gasteiger charge is -2.54. The molecule has 4 aliphatic carbocycles. The van der Waals surface area contributed by atoms with E-state index in [4.69, 9.17) is 0 Å². The molecular formula is C12H22ClN. The fourth-order valence-electron chi connectivity index (χ4n) is 4.49. The van der Waals surface area contributed by atoms with Crippen LogP contribution in [-0.2, 0) is 0 Å². The SMILES string of the molecule is CCNC1C2CC3CC(C2)CC1C3.Cl. The smallest absolute Gasteiger partial charge is 0.0124 e. The molecule has 0 heterocycles. The van der Waals surface area contributed by atoms with E-state index >= 15 is 0 Å². The average Bonchev–Trinajstić information content (AvgIpc) is 2.10. The molecule has 1 N–H and O–H groups in total. The van der Waals surface area contributed by atoms with Crippen LogP contribution in [0.15, 0.2) is 0 Å². The maximum absolute atomic E-state index is 3.73. The van der Waals surface area contributed by atoms with Gasteiger partial charge >= 0.3 is 0 Å². The largest absolute Gasteiger partial charge is 0.314 e. The zero-order valence-electron chi connectivity index (χ0n) is 9.04. The van der Waals surface area contributed by atoms with Gasteiger partial charge in [-0.2, -0.15) is 0 Å². The molecular weight excluding hydrogens is 194 g/mol. The molecule has 0 radical (unpaired) electrons. The summed E-state index contributed by atoms with van der Waals surface area (Å²) in [5.41, 5.74) is 0. The van der Waals surface area contributed by atoms with Gasteiger partial charge < -0.3 is 5.32 Å². The van der Waals surface area contributed by atoms with Gasteiger partial charge in [0.1, 0.15) is 0 Å². The molecule has 0 unspecified atom stereocenters. The first-order chi connectivity index (χ1) is 6.36. The molecule has 0 atom stereocenters. The van der Waals surface area contributed by atoms with Gasteiger partial charge in [0, 0.05) is 6.04 Å². The standard InChI is InChI=1S/C12H21N.ClH/c1-2-13-12-10-4-8-3-9(6-10)7-11(12)5-8;/h8-13H,2-7H2,1H3;1H. The number of hydrogen-bond acceptors (Lipinski definition) is 1. The summed E-state index contributed by atoms with van der Waals surface area (Å²) in [4.78, 5) is 0. The summed E-state index contributed by atoms with van der Waals surface area (Å²) in [7, 11) is 0. The molecule has 0 aromatic carbocycles. The van der Waals surface area contributed by atoms with E-state index in [-0.39, 0.29) is 12.4 Å². The highest BCUT2D eigenvalue weighted by molar-refractivity contribution is 5.85. The Morgan fingerprint density at radius 1 is 0.929 bits per heavy atom. The third-order valence-electron chi connectivity index (χ3n) is 4.67. The van der Waals surface area contributed by atoms with Crippen LogP contribution in [0.25, 0.3) is 0 Å². The van der Waals surface area contributed by atoms with Gasteiger partial charge in [0.05, 0.1) is 0 Å². The van der Waals surface area contributed by atoms with Crippen molar-refractivity contribution in [1.82, 2.24) is 5.32 Å². The van der Waals surface area contributed by atoms with Crippen molar-refractivity contribution in [1.29, 1.82) is 0 Å². The lowest BCUT2D eigenvalue weighted by molar-refractivity contribution is -0.0129. The lowest BCUT2D eigenvalue weighted by Crippen LogP contribution is -2.54. The van der Waals surface area contributed by atoms with Crippen LogP contribution in [0.3, 0.4) is 0 Å². The van der Waals surface area contributed by atoms with E-state index in [0.717, 1.165) is 29.7 Å². The highest BCUT2D eigenvalue weighted by Crippen LogP contribution is 2.53. The molecule has 4 rings (SSSR count). The second-order valence-electron chi connectivity index (χ2n) is 5.51. The Balaban J connectivity index is 0.000000750. The van der Waals surface area contributed by atoms with Gasteiger partial charge in [-0.1, -0.05) is 6.92 Å². The van der Waals surface area contributed by atoms with Gasteiger partial charge in [-0.05, 0) is 62.3 Å². The topological polar surface area (TPSA) is 12.0 Å². The quantitative estimate of drug-likeness (QED) is 0.747. The number of nitrogens with one attached hydrogen (secondary N) is 1. The number of halogens is 1. The molecule has 4 aliphatic rings. The summed E-state index contributed by atoms with van der Waals surface area (Å²) in [5.74, 6) is 4.35. The van der Waals surface area contributed by atoms with Crippen molar-refractivity contribution in [2.75, 3.05) is 6.54 Å². The van der Waals surface area contributed by atoms with Crippen molar-refractivity contribution in [3.63, 3.8) is 0 Å². The Labute approximate surface area is 93.4 Å². The van der Waals surface area contributed by atoms with Crippen molar-refractivity contribution < 1.29 is 0 Å². The maximum Gasteiger partial charge on any atom is 0.0124 e. The Morgan fingerprint density at radius 2 is 1.43 bits per heavy atom. The molecule has 14 heavy (non-hydrogen) atoms. The molecule has 0 amide bonds. The van der Waals surface area contributed by atoms with Crippen LogP contribution in [0.2, 0.25) is 0 Å². The fraction of sp³-hybridized carbons (Fsp3) is 1.00. The summed E-state index contributed by atoms with van der Waals surface area (Å²) in [5, 5.41) is 3.73. The van der Waals surface area contributed by atoms with Crippen LogP contribution in [-0.4, -0.2) is 12.6 Å². The van der Waals surface area contributed by atoms with E-state index < -0.39 is 0 Å². The first-order valence-corrected chi connectivity index (χ1v) is 6.10. The Bertz CT molecular complexity index is 176. The average molecular weight is 216 g/mol. The van der Waals surface area contributed by atoms with Crippen LogP contribution in [0, 0.1) is 23.7 Å². The zero-order chi connectivity index (χ0) is 8.84. The molecule has 0 saturated heterocycles. The number of rotatable bonds is 2. The van der Waals surface area contributed by atoms with Gasteiger partial charge in [-0.3, -0.25) is 0 Å². The molecule has 2 heteroatoms. The normalized spacial score (nSPS) is 49.1. The molecule has 82 valence electrons. The summed E-state index contributed by atoms with van der Waals surface area (Å²) >= 11 is 0. The Morgan fingerprint density at radius 3 is 1.86 bits per heavy atom. The highest BCUT2D eigenvalue weighted by atomic mass is 35.5. The summed E-state index contributed by atoms with van der Waals surface area (Å²) in [6, 6.07) is 0.901. The predicted molar refractivity (Wildman–Crippen MR) is 61.8 cm³/mol. The molecule has 0 aromatic rings. The van der Waals surface area contributed by atoms with Crippen molar-refractivity contribution in [3.8, 4) is 0 Å². The van der Waals surface area contributed by atoms with Gasteiger partial charge in [0.15, 0.2) is 0 Å². The van der Waals surface area contributed by atoms with Gasteiger partial charge in [0.25, 0.3) is 0 Å². The molecule has 0 spiro atoms. The van der Waals surface area contributed by atoms with Crippen LogP contribution in [0.1, 0.15) is 39.0 Å². The number of hydrogen-bond donors (Lipinski definition) is 1. The first kappa shape index (κ1) is 10.8. The molecule has 1 nitrogen and oxygen atoms in total. The monoisotopic (exact) mass is 215 g/mol. The molecule has 4 saturated carbocycles. The van der Waals surface area contributed by atoms with Crippen LogP contribution in [0.4, 0.5) is 0 Å². The van der Waals surface area contributed by atoms with E-state index in [1.807, 2.05) is 0 Å². The minimum atomic E-state index is 0. The molecule has 4 fully saturated rings. The summed E-state index contributed by atoms with van der Waals surface area (Å²) < 4.78 is 0. The van der Waals surface area contributed by atoms with Crippen LogP contribution < -0.4 is 5.32 Å². The van der Waals surface area contributed by atoms with Crippen molar-refractivity contribution in [2.24, 2.45) is 23.7 Å². The van der Waals surface area contributed by atoms with Crippen molar-refractivity contribution in [2.45, 2.75) is 45.1 Å². The minimum Gasteiger partial charge on any atom is -0.314 e. The second kappa shape index (κ2) is 4.02. The fourth-order valence-corrected chi connectivity index (χ4v) is 4.49. The lowest BCUT2D eigenvalue weighted by atomic mass is 9.54. The maximum atomic E-state index is 3.73. The Hall–Kier alpha value is 0.250. The second-order valence-corrected chi connectivity index (χ2v) is 5.51. The van der Waals surface area contributed by atoms with Crippen LogP contribution in [0.5, 0.6) is 0 Å². The predicted octanol–water partition coefficient (Wildman–Crippen LogP) is 2.84. The van der Waals surface area contributed by atoms with Crippen molar-refractivity contribution in [3.05, 3.63) is 0 Å². The van der Waals surface area contributed by atoms with E-state index in [1.54, 1.807) is 32.1 Å². The van der Waals surface area contributed by atoms with Gasteiger partial charge in [-0.15, -0.1) is 12.4 Å². The first-order valence-electron chi connectivity index (χ1n) is 6.10. The van der Waals surface area contributed by atoms with Crippen LogP contribution >= 0.6 is 12.4 Å². The molecule has 0 aliphatic heterocycles. The summed E-state index contributed by atoms with van der Waals surface area (Å²) in [6.07, 6.45) is 7.76. The molecule has 4 bridgehead atoms. The van der Waals surface area contributed by atoms with E-state index in [1.165, 1.54) is 6.54 Å². The van der Waals surface area contributed by atoms with Gasteiger partial charge in [-0.25, -0.2) is 0 Å². The third-order valence-corrected chi connectivity index (χ3v) is 4.67. The van der Waals surface area contributed by atoms with Gasteiger partial charge in [0.2, 0.25) is 0 Å². The third kappa shape index (κ3) is 1.59. The highest BCUT2D eigenvalue weighted by Gasteiger charge is 2.47. The zero-order valence-corrected chi connectivity index (χ0v) is 9.85. The van der Waals surface area contributed by atoms with E-state index in [0.29, 0.717) is 0 Å². The van der Waals surface area contributed by atoms with Crippen molar-refractivity contribution >= 4 is 12.4 Å².